The van der Waals surface area contributed by atoms with Gasteiger partial charge in [-0.1, -0.05) is 0 Å². The van der Waals surface area contributed by atoms with E-state index in [1.165, 1.54) is 4.90 Å². The summed E-state index contributed by atoms with van der Waals surface area (Å²) in [5.41, 5.74) is 0. The Labute approximate surface area is 193 Å². The Bertz CT molecular complexity index is 487. The Kier molecular flexibility index (Phi) is 15.9. The van der Waals surface area contributed by atoms with Gasteiger partial charge in [0.15, 0.2) is 0 Å². The number of hydrogen-bond donors (Lipinski definition) is 2. The SMILES string of the molecule is O=C([O-])CN(CCN(CC(=O)[O-])CC(=O)[O-])CCN(CC(=O)O)CC(=O)O.[Nd+3]. The van der Waals surface area contributed by atoms with Gasteiger partial charge in [0.25, 0.3) is 0 Å². The molecule has 0 unspecified atom stereocenters. The maximum absolute atomic E-state index is 10.8. The largest absolute Gasteiger partial charge is 3.00 e. The summed E-state index contributed by atoms with van der Waals surface area (Å²) in [4.78, 5) is 56.9. The van der Waals surface area contributed by atoms with Crippen molar-refractivity contribution in [2.24, 2.45) is 0 Å². The number of rotatable bonds is 16. The molecule has 0 saturated carbocycles. The van der Waals surface area contributed by atoms with E-state index in [9.17, 15) is 39.3 Å². The molecule has 13 nitrogen and oxygen atoms in total. The van der Waals surface area contributed by atoms with E-state index >= 15 is 0 Å². The molecule has 2 N–H and O–H groups in total. The van der Waals surface area contributed by atoms with Crippen LogP contribution in [0.25, 0.3) is 0 Å². The number of carbonyl (C=O) groups is 5. The molecule has 0 aromatic carbocycles. The maximum Gasteiger partial charge on any atom is 3.00 e. The molecule has 0 spiro atoms. The summed E-state index contributed by atoms with van der Waals surface area (Å²) in [6.45, 7) is -3.60. The van der Waals surface area contributed by atoms with E-state index < -0.39 is 62.6 Å². The molecular weight excluding hydrogens is 514 g/mol. The fourth-order valence-electron chi connectivity index (χ4n) is 2.19. The molecule has 0 heterocycles. The minimum Gasteiger partial charge on any atom is -0.549 e. The number of carboxylic acids is 5. The van der Waals surface area contributed by atoms with Crippen molar-refractivity contribution in [3.63, 3.8) is 0 Å². The fraction of sp³-hybridized carbons (Fsp3) is 0.643. The predicted octanol–water partition coefficient (Wildman–Crippen LogP) is -6.69. The second-order valence-electron chi connectivity index (χ2n) is 5.60. The minimum absolute atomic E-state index is 0. The van der Waals surface area contributed by atoms with Crippen LogP contribution in [0.1, 0.15) is 0 Å². The molecule has 0 aliphatic heterocycles. The summed E-state index contributed by atoms with van der Waals surface area (Å²) in [7, 11) is 0. The first-order chi connectivity index (χ1) is 12.5. The molecule has 0 rings (SSSR count). The Morgan fingerprint density at radius 3 is 1.07 bits per heavy atom. The van der Waals surface area contributed by atoms with Gasteiger partial charge in [0.05, 0.1) is 31.0 Å². The van der Waals surface area contributed by atoms with Gasteiger partial charge >= 0.3 is 52.8 Å². The van der Waals surface area contributed by atoms with Gasteiger partial charge in [-0.2, -0.15) is 0 Å². The molecule has 0 aliphatic rings. The molecule has 0 atom stereocenters. The number of nitrogens with zero attached hydrogens (tertiary/aromatic N) is 3. The molecule has 0 amide bonds. The van der Waals surface area contributed by atoms with Gasteiger partial charge in [0.2, 0.25) is 0 Å². The zero-order valence-electron chi connectivity index (χ0n) is 14.9. The van der Waals surface area contributed by atoms with Crippen LogP contribution in [0, 0.1) is 40.8 Å². The fourth-order valence-corrected chi connectivity index (χ4v) is 2.19. The standard InChI is InChI=1S/C14H23N3O10.Nd/c18-10(19)5-15(1-3-16(6-11(20)21)7-12(22)23)2-4-17(8-13(24)25)9-14(26)27;/h1-9H2,(H,18,19)(H,20,21)(H,22,23)(H,24,25)(H,26,27);/q;+3/p-3. The van der Waals surface area contributed by atoms with Gasteiger partial charge in [0, 0.05) is 45.8 Å². The molecular formula is C14H20N3NdO10. The summed E-state index contributed by atoms with van der Waals surface area (Å²) >= 11 is 0. The van der Waals surface area contributed by atoms with Crippen LogP contribution in [0.15, 0.2) is 0 Å². The van der Waals surface area contributed by atoms with Crippen molar-refractivity contribution in [2.45, 2.75) is 0 Å². The summed E-state index contributed by atoms with van der Waals surface area (Å²) < 4.78 is 0. The minimum atomic E-state index is -1.53. The molecule has 28 heavy (non-hydrogen) atoms. The van der Waals surface area contributed by atoms with Crippen LogP contribution >= 0.6 is 0 Å². The van der Waals surface area contributed by atoms with Crippen LogP contribution in [-0.4, -0.2) is 114 Å². The monoisotopic (exact) mass is 532 g/mol. The van der Waals surface area contributed by atoms with E-state index in [1.807, 2.05) is 0 Å². The zero-order valence-corrected chi connectivity index (χ0v) is 18.1. The van der Waals surface area contributed by atoms with Crippen LogP contribution in [0.5, 0.6) is 0 Å². The number of hydrogen-bond acceptors (Lipinski definition) is 11. The quantitative estimate of drug-likeness (QED) is 0.189. The Morgan fingerprint density at radius 1 is 0.536 bits per heavy atom. The molecule has 0 aromatic heterocycles. The van der Waals surface area contributed by atoms with Crippen molar-refractivity contribution in [3.05, 3.63) is 0 Å². The van der Waals surface area contributed by atoms with Crippen molar-refractivity contribution in [1.82, 2.24) is 14.7 Å². The maximum atomic E-state index is 10.8. The zero-order chi connectivity index (χ0) is 21.0. The van der Waals surface area contributed by atoms with Gasteiger partial charge in [-0.05, 0) is 0 Å². The molecule has 0 saturated heterocycles. The van der Waals surface area contributed by atoms with E-state index in [2.05, 4.69) is 0 Å². The van der Waals surface area contributed by atoms with Crippen molar-refractivity contribution >= 4 is 29.8 Å². The van der Waals surface area contributed by atoms with Crippen LogP contribution in [0.3, 0.4) is 0 Å². The predicted molar refractivity (Wildman–Crippen MR) is 79.6 cm³/mol. The van der Waals surface area contributed by atoms with E-state index in [-0.39, 0.29) is 67.0 Å². The van der Waals surface area contributed by atoms with Crippen molar-refractivity contribution in [1.29, 1.82) is 0 Å². The summed E-state index contributed by atoms with van der Waals surface area (Å²) in [6.07, 6.45) is 0. The second kappa shape index (κ2) is 15.5. The van der Waals surface area contributed by atoms with Crippen LogP contribution in [0.2, 0.25) is 0 Å². The number of carbonyl (C=O) groups excluding carboxylic acids is 3. The van der Waals surface area contributed by atoms with Gasteiger partial charge in [0.1, 0.15) is 0 Å². The Hall–Kier alpha value is -1.42. The van der Waals surface area contributed by atoms with Crippen molar-refractivity contribution in [2.75, 3.05) is 58.9 Å². The topological polar surface area (TPSA) is 205 Å². The van der Waals surface area contributed by atoms with E-state index in [0.717, 1.165) is 9.80 Å². The van der Waals surface area contributed by atoms with Gasteiger partial charge in [-0.25, -0.2) is 0 Å². The molecule has 0 bridgehead atoms. The van der Waals surface area contributed by atoms with Gasteiger partial charge < -0.3 is 39.9 Å². The number of carboxylic acid groups (broad SMARTS) is 5. The van der Waals surface area contributed by atoms with E-state index in [4.69, 9.17) is 10.2 Å². The summed E-state index contributed by atoms with van der Waals surface area (Å²) in [5.74, 6) is -7.06. The van der Waals surface area contributed by atoms with Gasteiger partial charge in [-0.3, -0.25) is 24.3 Å². The first kappa shape index (κ1) is 28.8. The first-order valence-corrected chi connectivity index (χ1v) is 7.69. The van der Waals surface area contributed by atoms with Crippen LogP contribution < -0.4 is 15.3 Å². The average Bonchev–Trinajstić information content (AvgIpc) is 2.46. The molecule has 0 aliphatic carbocycles. The normalized spacial score (nSPS) is 10.7. The van der Waals surface area contributed by atoms with Crippen molar-refractivity contribution in [3.8, 4) is 0 Å². The first-order valence-electron chi connectivity index (χ1n) is 7.69. The van der Waals surface area contributed by atoms with Crippen molar-refractivity contribution < 1.29 is 90.3 Å². The van der Waals surface area contributed by atoms with Crippen LogP contribution in [0.4, 0.5) is 0 Å². The van der Waals surface area contributed by atoms with E-state index in [0.29, 0.717) is 0 Å². The molecule has 0 fully saturated rings. The van der Waals surface area contributed by atoms with Gasteiger partial charge in [-0.15, -0.1) is 0 Å². The second-order valence-corrected chi connectivity index (χ2v) is 5.60. The Balaban J connectivity index is 0. The third-order valence-corrected chi connectivity index (χ3v) is 3.24. The molecule has 0 aromatic rings. The summed E-state index contributed by atoms with van der Waals surface area (Å²) in [6, 6.07) is 0. The van der Waals surface area contributed by atoms with E-state index in [1.54, 1.807) is 0 Å². The third-order valence-electron chi connectivity index (χ3n) is 3.24. The third kappa shape index (κ3) is 16.7. The number of aliphatic carboxylic acids is 5. The Morgan fingerprint density at radius 2 is 0.786 bits per heavy atom. The molecule has 1 radical (unpaired) electrons. The average molecular weight is 535 g/mol. The smallest absolute Gasteiger partial charge is 0.549 e. The summed E-state index contributed by atoms with van der Waals surface area (Å²) in [5, 5.41) is 49.6. The molecule has 14 heteroatoms. The molecule has 155 valence electrons. The van der Waals surface area contributed by atoms with Crippen LogP contribution in [-0.2, 0) is 24.0 Å².